The van der Waals surface area contributed by atoms with Crippen LogP contribution in [0.25, 0.3) is 0 Å². The lowest BCUT2D eigenvalue weighted by atomic mass is 10.1. The van der Waals surface area contributed by atoms with Crippen molar-refractivity contribution >= 4 is 22.7 Å². The zero-order chi connectivity index (χ0) is 14.0. The summed E-state index contributed by atoms with van der Waals surface area (Å²) in [5.41, 5.74) is 1.84. The zero-order valence-electron chi connectivity index (χ0n) is 11.0. The van der Waals surface area contributed by atoms with Crippen LogP contribution < -0.4 is 5.32 Å². The second-order valence-electron chi connectivity index (χ2n) is 4.43. The first-order valence-electron chi connectivity index (χ1n) is 5.91. The zero-order valence-corrected chi connectivity index (χ0v) is 11.8. The number of nitro benzene ring substituents is 1. The lowest BCUT2D eigenvalue weighted by Gasteiger charge is -2.14. The standard InChI is InChI=1S/C13H15N3O2S/c1-8-4-5-11(16(17)18)6-12(8)15-10(3)13-14-7-9(2)19-13/h4-7,10,15H,1-3H3. The number of hydrogen-bond donors (Lipinski definition) is 1. The first-order chi connectivity index (χ1) is 8.97. The van der Waals surface area contributed by atoms with Crippen LogP contribution in [0.15, 0.2) is 24.4 Å². The second-order valence-corrected chi connectivity index (χ2v) is 5.70. The molecular weight excluding hydrogens is 262 g/mol. The minimum atomic E-state index is -0.386. The van der Waals surface area contributed by atoms with Crippen molar-refractivity contribution in [1.29, 1.82) is 0 Å². The lowest BCUT2D eigenvalue weighted by Crippen LogP contribution is -2.07. The number of non-ortho nitro benzene ring substituents is 1. The van der Waals surface area contributed by atoms with Crippen LogP contribution in [0.2, 0.25) is 0 Å². The van der Waals surface area contributed by atoms with E-state index in [-0.39, 0.29) is 16.7 Å². The van der Waals surface area contributed by atoms with Crippen LogP contribution in [0, 0.1) is 24.0 Å². The fraction of sp³-hybridized carbons (Fsp3) is 0.308. The number of nitro groups is 1. The molecule has 6 heteroatoms. The maximum atomic E-state index is 10.8. The Balaban J connectivity index is 2.22. The summed E-state index contributed by atoms with van der Waals surface area (Å²) >= 11 is 1.62. The van der Waals surface area contributed by atoms with E-state index in [0.29, 0.717) is 0 Å². The molecule has 0 saturated carbocycles. The third-order valence-corrected chi connectivity index (χ3v) is 3.91. The normalized spacial score (nSPS) is 12.2. The van der Waals surface area contributed by atoms with Crippen molar-refractivity contribution in [2.45, 2.75) is 26.8 Å². The molecular formula is C13H15N3O2S. The minimum Gasteiger partial charge on any atom is -0.376 e. The predicted molar refractivity (Wildman–Crippen MR) is 76.7 cm³/mol. The van der Waals surface area contributed by atoms with Gasteiger partial charge in [0.1, 0.15) is 5.01 Å². The Morgan fingerprint density at radius 2 is 2.16 bits per heavy atom. The van der Waals surface area contributed by atoms with Gasteiger partial charge in [-0.2, -0.15) is 0 Å². The van der Waals surface area contributed by atoms with Crippen molar-refractivity contribution in [1.82, 2.24) is 4.98 Å². The molecule has 1 N–H and O–H groups in total. The largest absolute Gasteiger partial charge is 0.376 e. The lowest BCUT2D eigenvalue weighted by molar-refractivity contribution is -0.384. The van der Waals surface area contributed by atoms with Crippen molar-refractivity contribution in [3.63, 3.8) is 0 Å². The first kappa shape index (κ1) is 13.5. The summed E-state index contributed by atoms with van der Waals surface area (Å²) in [5, 5.41) is 15.0. The van der Waals surface area contributed by atoms with Gasteiger partial charge < -0.3 is 5.32 Å². The SMILES string of the molecule is Cc1cnc(C(C)Nc2cc([N+](=O)[O-])ccc2C)s1. The summed E-state index contributed by atoms with van der Waals surface area (Å²) in [5.74, 6) is 0. The van der Waals surface area contributed by atoms with E-state index in [1.807, 2.05) is 27.0 Å². The molecule has 1 aromatic carbocycles. The van der Waals surface area contributed by atoms with Crippen LogP contribution in [-0.4, -0.2) is 9.91 Å². The highest BCUT2D eigenvalue weighted by atomic mass is 32.1. The summed E-state index contributed by atoms with van der Waals surface area (Å²) in [6.45, 7) is 5.93. The van der Waals surface area contributed by atoms with E-state index in [4.69, 9.17) is 0 Å². The van der Waals surface area contributed by atoms with Gasteiger partial charge in [0.15, 0.2) is 0 Å². The highest BCUT2D eigenvalue weighted by Crippen LogP contribution is 2.27. The van der Waals surface area contributed by atoms with E-state index in [0.717, 1.165) is 21.1 Å². The molecule has 0 aliphatic carbocycles. The summed E-state index contributed by atoms with van der Waals surface area (Å²) < 4.78 is 0. The highest BCUT2D eigenvalue weighted by Gasteiger charge is 2.13. The van der Waals surface area contributed by atoms with Gasteiger partial charge >= 0.3 is 0 Å². The van der Waals surface area contributed by atoms with Crippen molar-refractivity contribution in [3.8, 4) is 0 Å². The maximum absolute atomic E-state index is 10.8. The molecule has 19 heavy (non-hydrogen) atoms. The highest BCUT2D eigenvalue weighted by molar-refractivity contribution is 7.11. The number of aromatic nitrogens is 1. The molecule has 0 radical (unpaired) electrons. The molecule has 1 heterocycles. The van der Waals surface area contributed by atoms with Gasteiger partial charge in [0.2, 0.25) is 0 Å². The Morgan fingerprint density at radius 3 is 2.74 bits per heavy atom. The molecule has 0 saturated heterocycles. The van der Waals surface area contributed by atoms with Crippen LogP contribution >= 0.6 is 11.3 Å². The van der Waals surface area contributed by atoms with Crippen LogP contribution in [0.5, 0.6) is 0 Å². The Labute approximate surface area is 115 Å². The van der Waals surface area contributed by atoms with Crippen LogP contribution in [0.1, 0.15) is 28.4 Å². The summed E-state index contributed by atoms with van der Waals surface area (Å²) in [6, 6.07) is 4.85. The van der Waals surface area contributed by atoms with Gasteiger partial charge in [-0.1, -0.05) is 6.07 Å². The molecule has 1 aromatic heterocycles. The number of nitrogens with zero attached hydrogens (tertiary/aromatic N) is 2. The van der Waals surface area contributed by atoms with Crippen molar-refractivity contribution < 1.29 is 4.92 Å². The molecule has 0 spiro atoms. The number of hydrogen-bond acceptors (Lipinski definition) is 5. The summed E-state index contributed by atoms with van der Waals surface area (Å²) in [7, 11) is 0. The molecule has 0 amide bonds. The van der Waals surface area contributed by atoms with Crippen LogP contribution in [0.4, 0.5) is 11.4 Å². The Hall–Kier alpha value is -1.95. The molecule has 0 fully saturated rings. The molecule has 2 aromatic rings. The van der Waals surface area contributed by atoms with Gasteiger partial charge in [0, 0.05) is 28.9 Å². The fourth-order valence-electron chi connectivity index (χ4n) is 1.75. The topological polar surface area (TPSA) is 68.1 Å². The quantitative estimate of drug-likeness (QED) is 0.681. The third-order valence-electron chi connectivity index (χ3n) is 2.81. The number of nitrogens with one attached hydrogen (secondary N) is 1. The number of benzene rings is 1. The summed E-state index contributed by atoms with van der Waals surface area (Å²) in [4.78, 5) is 15.9. The van der Waals surface area contributed by atoms with Gasteiger partial charge in [-0.15, -0.1) is 11.3 Å². The molecule has 0 aliphatic heterocycles. The minimum absolute atomic E-state index is 0.0272. The van der Waals surface area contributed by atoms with Gasteiger partial charge in [0.05, 0.1) is 11.0 Å². The second kappa shape index (κ2) is 5.36. The van der Waals surface area contributed by atoms with Gasteiger partial charge in [0.25, 0.3) is 5.69 Å². The number of anilines is 1. The van der Waals surface area contributed by atoms with Crippen molar-refractivity contribution in [2.75, 3.05) is 5.32 Å². The molecule has 100 valence electrons. The average Bonchev–Trinajstić information content (AvgIpc) is 2.78. The molecule has 1 unspecified atom stereocenters. The Morgan fingerprint density at radius 1 is 1.42 bits per heavy atom. The summed E-state index contributed by atoms with van der Waals surface area (Å²) in [6.07, 6.45) is 1.83. The van der Waals surface area contributed by atoms with E-state index < -0.39 is 0 Å². The first-order valence-corrected chi connectivity index (χ1v) is 6.73. The number of aryl methyl sites for hydroxylation is 2. The third kappa shape index (κ3) is 3.08. The molecule has 0 aliphatic rings. The van der Waals surface area contributed by atoms with E-state index in [9.17, 15) is 10.1 Å². The Bertz CT molecular complexity index is 610. The van der Waals surface area contributed by atoms with Crippen LogP contribution in [0.3, 0.4) is 0 Å². The van der Waals surface area contributed by atoms with Crippen molar-refractivity contribution in [3.05, 3.63) is 50.0 Å². The molecule has 1 atom stereocenters. The van der Waals surface area contributed by atoms with Gasteiger partial charge in [-0.05, 0) is 26.3 Å². The molecule has 0 bridgehead atoms. The fourth-order valence-corrected chi connectivity index (χ4v) is 2.52. The smallest absolute Gasteiger partial charge is 0.271 e. The van der Waals surface area contributed by atoms with E-state index in [1.165, 1.54) is 6.07 Å². The van der Waals surface area contributed by atoms with E-state index >= 15 is 0 Å². The average molecular weight is 277 g/mol. The Kier molecular flexibility index (Phi) is 3.80. The maximum Gasteiger partial charge on any atom is 0.271 e. The monoisotopic (exact) mass is 277 g/mol. The van der Waals surface area contributed by atoms with Gasteiger partial charge in [-0.3, -0.25) is 10.1 Å². The van der Waals surface area contributed by atoms with E-state index in [1.54, 1.807) is 23.5 Å². The van der Waals surface area contributed by atoms with Gasteiger partial charge in [-0.25, -0.2) is 4.98 Å². The molecule has 2 rings (SSSR count). The molecule has 5 nitrogen and oxygen atoms in total. The predicted octanol–water partition coefficient (Wildman–Crippen LogP) is 3.84. The number of rotatable bonds is 4. The number of thiazole rings is 1. The van der Waals surface area contributed by atoms with Crippen LogP contribution in [-0.2, 0) is 0 Å². The van der Waals surface area contributed by atoms with E-state index in [2.05, 4.69) is 10.3 Å². The van der Waals surface area contributed by atoms with Crippen molar-refractivity contribution in [2.24, 2.45) is 0 Å².